The van der Waals surface area contributed by atoms with Crippen LogP contribution in [0.4, 0.5) is 15.9 Å². The molecule has 0 atom stereocenters. The van der Waals surface area contributed by atoms with Gasteiger partial charge in [0.2, 0.25) is 0 Å². The Morgan fingerprint density at radius 1 is 1.02 bits per heavy atom. The molecular weight excluding hydrogens is 608 g/mol. The normalized spacial score (nSPS) is 23.6. The first-order valence-corrected chi connectivity index (χ1v) is 17.7. The molecule has 6 rings (SSSR count). The number of fused-ring (bicyclic) bond motifs is 1. The number of hydrogen-bond acceptors (Lipinski definition) is 7. The van der Waals surface area contributed by atoms with Crippen LogP contribution in [0.3, 0.4) is 0 Å². The Morgan fingerprint density at radius 2 is 1.68 bits per heavy atom. The molecule has 41 heavy (non-hydrogen) atoms. The van der Waals surface area contributed by atoms with Gasteiger partial charge in [-0.2, -0.15) is 8.42 Å². The molecule has 0 radical (unpaired) electrons. The number of piperazine rings is 1. The Morgan fingerprint density at radius 3 is 2.34 bits per heavy atom. The highest BCUT2D eigenvalue weighted by Crippen LogP contribution is 2.56. The molecule has 2 fully saturated rings. The Bertz CT molecular complexity index is 1630. The van der Waals surface area contributed by atoms with Gasteiger partial charge in [-0.1, -0.05) is 39.2 Å². The van der Waals surface area contributed by atoms with Crippen molar-refractivity contribution < 1.29 is 12.8 Å². The van der Waals surface area contributed by atoms with Crippen LogP contribution in [0.1, 0.15) is 31.7 Å². The summed E-state index contributed by atoms with van der Waals surface area (Å²) in [5.41, 5.74) is 8.09. The summed E-state index contributed by atoms with van der Waals surface area (Å²) in [5, 5.41) is 0.657. The molecule has 1 saturated carbocycles. The predicted octanol–water partition coefficient (Wildman–Crippen LogP) is 5.38. The molecule has 0 amide bonds. The monoisotopic (exact) mass is 639 g/mol. The fourth-order valence-electron chi connectivity index (χ4n) is 6.05. The van der Waals surface area contributed by atoms with Crippen molar-refractivity contribution in [3.8, 4) is 11.1 Å². The fourth-order valence-corrected chi connectivity index (χ4v) is 12.4. The summed E-state index contributed by atoms with van der Waals surface area (Å²) in [5.74, 6) is -0.420. The van der Waals surface area contributed by atoms with Crippen molar-refractivity contribution in [2.24, 2.45) is 0 Å². The maximum absolute atomic E-state index is 15.4. The summed E-state index contributed by atoms with van der Waals surface area (Å²) >= 11 is 12.1. The highest BCUT2D eigenvalue weighted by molar-refractivity contribution is 8.85. The third-order valence-electron chi connectivity index (χ3n) is 8.26. The van der Waals surface area contributed by atoms with Crippen molar-refractivity contribution in [1.29, 1.82) is 0 Å². The molecule has 0 spiro atoms. The van der Waals surface area contributed by atoms with Crippen molar-refractivity contribution in [3.05, 3.63) is 57.4 Å². The Balaban J connectivity index is 1.26. The van der Waals surface area contributed by atoms with Gasteiger partial charge in [-0.3, -0.25) is 9.62 Å². The first kappa shape index (κ1) is 28.8. The van der Waals surface area contributed by atoms with E-state index >= 15 is 4.39 Å². The van der Waals surface area contributed by atoms with E-state index in [-0.39, 0.29) is 20.5 Å². The van der Waals surface area contributed by atoms with Crippen LogP contribution < -0.4 is 10.5 Å². The molecule has 3 aromatic rings. The zero-order valence-corrected chi connectivity index (χ0v) is 25.7. The summed E-state index contributed by atoms with van der Waals surface area (Å²) < 4.78 is 45.9. The van der Waals surface area contributed by atoms with Gasteiger partial charge in [-0.25, -0.2) is 14.4 Å². The average molecular weight is 641 g/mol. The Labute approximate surface area is 251 Å². The topological polar surface area (TPSA) is 109 Å². The van der Waals surface area contributed by atoms with E-state index in [1.54, 1.807) is 6.07 Å². The second kappa shape index (κ2) is 11.4. The summed E-state index contributed by atoms with van der Waals surface area (Å²) in [7, 11) is -3.92. The maximum atomic E-state index is 15.4. The van der Waals surface area contributed by atoms with Crippen molar-refractivity contribution in [1.82, 2.24) is 24.3 Å². The minimum Gasteiger partial charge on any atom is -0.383 e. The van der Waals surface area contributed by atoms with Gasteiger partial charge in [-0.05, 0) is 62.6 Å². The lowest BCUT2D eigenvalue weighted by Crippen LogP contribution is -2.49. The third-order valence-corrected chi connectivity index (χ3v) is 15.1. The molecule has 9 nitrogen and oxygen atoms in total. The van der Waals surface area contributed by atoms with Gasteiger partial charge >= 0.3 is 0 Å². The van der Waals surface area contributed by atoms with Gasteiger partial charge in [0, 0.05) is 50.0 Å². The number of nitrogens with zero attached hydrogens (tertiary/aromatic N) is 5. The maximum Gasteiger partial charge on any atom is 0.276 e. The first-order chi connectivity index (χ1) is 19.6. The molecule has 4 heterocycles. The first-order valence-electron chi connectivity index (χ1n) is 13.5. The number of benzene rings is 1. The van der Waals surface area contributed by atoms with Gasteiger partial charge in [0.15, 0.2) is 0 Å². The number of anilines is 2. The van der Waals surface area contributed by atoms with Gasteiger partial charge < -0.3 is 15.2 Å². The number of nitrogen functional groups attached to an aromatic ring is 1. The van der Waals surface area contributed by atoms with Crippen molar-refractivity contribution in [2.75, 3.05) is 43.7 Å². The Hall–Kier alpha value is -2.35. The Kier molecular flexibility index (Phi) is 7.98. The van der Waals surface area contributed by atoms with E-state index in [2.05, 4.69) is 36.1 Å². The summed E-state index contributed by atoms with van der Waals surface area (Å²) in [4.78, 5) is 13.8. The molecule has 2 aliphatic heterocycles. The number of aromatic nitrogens is 3. The van der Waals surface area contributed by atoms with Crippen LogP contribution in [-0.4, -0.2) is 72.0 Å². The molecule has 0 bridgehead atoms. The summed E-state index contributed by atoms with van der Waals surface area (Å²) in [6.45, 7) is 4.43. The molecule has 3 aliphatic rings. The zero-order valence-electron chi connectivity index (χ0n) is 22.5. The number of likely N-dealkylation sites (N-methyl/N-ethyl adjacent to an activating group) is 1. The largest absolute Gasteiger partial charge is 0.383 e. The zero-order chi connectivity index (χ0) is 28.9. The van der Waals surface area contributed by atoms with Gasteiger partial charge in [0.25, 0.3) is 9.06 Å². The lowest BCUT2D eigenvalue weighted by molar-refractivity contribution is 0.0828. The quantitative estimate of drug-likeness (QED) is 0.245. The van der Waals surface area contributed by atoms with Crippen molar-refractivity contribution in [2.45, 2.75) is 37.8 Å². The van der Waals surface area contributed by atoms with E-state index < -0.39 is 24.8 Å². The second-order valence-electron chi connectivity index (χ2n) is 10.8. The number of rotatable bonds is 6. The van der Waals surface area contributed by atoms with E-state index in [0.717, 1.165) is 51.9 Å². The van der Waals surface area contributed by atoms with Gasteiger partial charge in [0.1, 0.15) is 23.6 Å². The van der Waals surface area contributed by atoms with Crippen molar-refractivity contribution in [3.63, 3.8) is 0 Å². The molecule has 3 N–H and O–H groups in total. The lowest BCUT2D eigenvalue weighted by atomic mass is 9.89. The van der Waals surface area contributed by atoms with E-state index in [1.165, 1.54) is 30.6 Å². The second-order valence-corrected chi connectivity index (χ2v) is 17.3. The van der Waals surface area contributed by atoms with E-state index in [0.29, 0.717) is 34.0 Å². The van der Waals surface area contributed by atoms with Gasteiger partial charge in [-0.15, -0.1) is 0 Å². The highest BCUT2D eigenvalue weighted by Gasteiger charge is 2.32. The number of nitrogens with one attached hydrogen (secondary N) is 1. The number of nitrogens with two attached hydrogens (primary N) is 1. The van der Waals surface area contributed by atoms with Crippen LogP contribution in [0.2, 0.25) is 0 Å². The van der Waals surface area contributed by atoms with E-state index in [9.17, 15) is 8.42 Å². The highest BCUT2D eigenvalue weighted by atomic mass is 35.5. The minimum atomic E-state index is -4.05. The summed E-state index contributed by atoms with van der Waals surface area (Å²) in [6, 6.07) is 5.18. The van der Waals surface area contributed by atoms with Crippen molar-refractivity contribution >= 4 is 64.7 Å². The molecule has 1 aromatic carbocycles. The third kappa shape index (κ3) is 5.57. The van der Waals surface area contributed by atoms with Crippen LogP contribution >= 0.6 is 33.1 Å². The standard InChI is InChI=1S/C27H32Cl2FN7O2S2/c1-35-10-12-36(13-11-35)18-3-5-19(6-4-18)37-15-20(25-26(31)32-16-33-27(25)37)17-2-7-22(21(30)14-17)34-41(38,39)40-23(28)8-9-24(40)29/h2,7-9,14-16,18-19,34,40H,3-6,10-13H2,1H3,(H2,31,32,33). The number of hydrogen-bond donors (Lipinski definition) is 3. The molecule has 14 heteroatoms. The number of halogens is 3. The fraction of sp³-hybridized carbons (Fsp3) is 0.407. The average Bonchev–Trinajstić information content (AvgIpc) is 3.51. The lowest BCUT2D eigenvalue weighted by Gasteiger charge is -2.41. The van der Waals surface area contributed by atoms with E-state index in [4.69, 9.17) is 28.9 Å². The van der Waals surface area contributed by atoms with Crippen LogP contribution in [0, 0.1) is 5.82 Å². The molecule has 1 aliphatic carbocycles. The molecular formula is C27H32Cl2FN7O2S2. The van der Waals surface area contributed by atoms with Gasteiger partial charge in [0.05, 0.1) is 19.8 Å². The molecule has 220 valence electrons. The summed E-state index contributed by atoms with van der Waals surface area (Å²) in [6.07, 6.45) is 10.5. The molecule has 2 aromatic heterocycles. The van der Waals surface area contributed by atoms with Crippen LogP contribution in [-0.2, 0) is 9.06 Å². The SMILES string of the molecule is CN1CCN(C2CCC(n3cc(-c4ccc(NS(=O)(=O)[SH]5C(Cl)=CC=C5Cl)c(F)c4)c4c(N)ncnc43)CC2)CC1. The predicted molar refractivity (Wildman–Crippen MR) is 167 cm³/mol. The molecule has 1 saturated heterocycles. The molecule has 0 unspecified atom stereocenters. The van der Waals surface area contributed by atoms with Crippen LogP contribution in [0.25, 0.3) is 22.2 Å². The van der Waals surface area contributed by atoms with E-state index in [1.807, 2.05) is 6.20 Å². The van der Waals surface area contributed by atoms with Crippen LogP contribution in [0.15, 0.2) is 51.6 Å². The van der Waals surface area contributed by atoms with Crippen LogP contribution in [0.5, 0.6) is 0 Å². The number of allylic oxidation sites excluding steroid dienone is 2. The smallest absolute Gasteiger partial charge is 0.276 e. The minimum absolute atomic E-state index is 0.107. The number of thiol groups is 1.